The highest BCUT2D eigenvalue weighted by Crippen LogP contribution is 2.58. The minimum atomic E-state index is -5.87. The summed E-state index contributed by atoms with van der Waals surface area (Å²) in [5, 5.41) is 8.09. The standard InChI is InChI=1S/C25H14Br4F6O4.C20H18N2O2/c1-11(36)12-4-3-5-13(6-12)22(37)39-21-18(28)9-15(10-19(21)29)23(24(30,31)32,25(33,34)35)14-7-16(26)20(38-2)17(27)8-14;1-13(23)14-6-3-7-15(12-14)20(24)22-19-11-5-8-16-17(19)9-4-10-18(16)21-2/h3-10H,1-2H3;3-12,21H,1-2H3,(H,22,24). The maximum absolute atomic E-state index is 14.7. The monoisotopic (exact) mass is 1130 g/mol. The number of nitrogens with one attached hydrogen (secondary N) is 2. The van der Waals surface area contributed by atoms with E-state index in [1.165, 1.54) is 45.2 Å². The van der Waals surface area contributed by atoms with Crippen LogP contribution < -0.4 is 20.1 Å². The van der Waals surface area contributed by atoms with Gasteiger partial charge in [-0.25, -0.2) is 4.79 Å². The topological polar surface area (TPSA) is 111 Å². The van der Waals surface area contributed by atoms with Gasteiger partial charge in [0.25, 0.3) is 5.91 Å². The number of amides is 1. The lowest BCUT2D eigenvalue weighted by atomic mass is 9.73. The van der Waals surface area contributed by atoms with E-state index in [2.05, 4.69) is 74.4 Å². The van der Waals surface area contributed by atoms with Gasteiger partial charge in [0.05, 0.1) is 30.6 Å². The zero-order valence-corrected chi connectivity index (χ0v) is 39.5. The number of carbonyl (C=O) groups excluding carboxylic acids is 4. The van der Waals surface area contributed by atoms with E-state index in [0.717, 1.165) is 22.1 Å². The first-order valence-corrected chi connectivity index (χ1v) is 21.3. The fourth-order valence-electron chi connectivity index (χ4n) is 6.55. The largest absolute Gasteiger partial charge is 0.494 e. The van der Waals surface area contributed by atoms with Crippen LogP contribution in [0.3, 0.4) is 0 Å². The molecule has 8 nitrogen and oxygen atoms in total. The number of benzene rings is 6. The summed E-state index contributed by atoms with van der Waals surface area (Å²) < 4.78 is 97.2. The molecule has 0 radical (unpaired) electrons. The quantitative estimate of drug-likeness (QED) is 0.0608. The lowest BCUT2D eigenvalue weighted by Crippen LogP contribution is -2.54. The molecule has 0 fully saturated rings. The Morgan fingerprint density at radius 1 is 0.540 bits per heavy atom. The number of rotatable bonds is 10. The van der Waals surface area contributed by atoms with Crippen LogP contribution in [0.5, 0.6) is 11.5 Å². The summed E-state index contributed by atoms with van der Waals surface area (Å²) in [6.07, 6.45) is -11.7. The summed E-state index contributed by atoms with van der Waals surface area (Å²) in [4.78, 5) is 48.3. The van der Waals surface area contributed by atoms with Gasteiger partial charge in [-0.05, 0) is 149 Å². The van der Waals surface area contributed by atoms with Crippen molar-refractivity contribution in [1.82, 2.24) is 0 Å². The molecule has 2 N–H and O–H groups in total. The van der Waals surface area contributed by atoms with Gasteiger partial charge in [-0.3, -0.25) is 14.4 Å². The second-order valence-electron chi connectivity index (χ2n) is 13.6. The summed E-state index contributed by atoms with van der Waals surface area (Å²) in [5.74, 6) is -1.99. The molecule has 0 saturated carbocycles. The molecule has 0 bridgehead atoms. The Kier molecular flexibility index (Phi) is 15.4. The fourth-order valence-corrected chi connectivity index (χ4v) is 9.41. The van der Waals surface area contributed by atoms with Crippen LogP contribution in [0.4, 0.5) is 37.7 Å². The molecule has 0 aliphatic carbocycles. The van der Waals surface area contributed by atoms with E-state index in [-0.39, 0.29) is 58.0 Å². The lowest BCUT2D eigenvalue weighted by Gasteiger charge is -2.39. The smallest absolute Gasteiger partial charge is 0.411 e. The number of halogens is 10. The number of ketones is 2. The number of hydrogen-bond donors (Lipinski definition) is 2. The van der Waals surface area contributed by atoms with Gasteiger partial charge in [-0.2, -0.15) is 26.3 Å². The van der Waals surface area contributed by atoms with Crippen LogP contribution in [0, 0.1) is 0 Å². The van der Waals surface area contributed by atoms with Gasteiger partial charge in [0.15, 0.2) is 17.3 Å². The number of alkyl halides is 6. The molecule has 0 aliphatic rings. The van der Waals surface area contributed by atoms with Gasteiger partial charge in [0.2, 0.25) is 5.41 Å². The van der Waals surface area contributed by atoms with Gasteiger partial charge in [-0.1, -0.05) is 48.5 Å². The third-order valence-corrected chi connectivity index (χ3v) is 11.9. The Labute approximate surface area is 390 Å². The molecule has 18 heteroatoms. The highest BCUT2D eigenvalue weighted by Gasteiger charge is 2.73. The summed E-state index contributed by atoms with van der Waals surface area (Å²) in [6.45, 7) is 2.77. The molecule has 0 saturated heterocycles. The minimum absolute atomic E-state index is 0.00420. The molecule has 0 aliphatic heterocycles. The van der Waals surface area contributed by atoms with Crippen molar-refractivity contribution in [1.29, 1.82) is 0 Å². The molecular weight excluding hydrogens is 1100 g/mol. The normalized spacial score (nSPS) is 11.6. The number of methoxy groups -OCH3 is 1. The van der Waals surface area contributed by atoms with E-state index in [1.54, 1.807) is 24.3 Å². The number of carbonyl (C=O) groups is 4. The molecule has 63 heavy (non-hydrogen) atoms. The Bertz CT molecular complexity index is 2700. The van der Waals surface area contributed by atoms with Crippen LogP contribution in [-0.2, 0) is 5.41 Å². The molecule has 0 spiro atoms. The van der Waals surface area contributed by atoms with Crippen molar-refractivity contribution in [3.8, 4) is 11.5 Å². The molecule has 6 aromatic carbocycles. The molecule has 328 valence electrons. The van der Waals surface area contributed by atoms with E-state index in [1.807, 2.05) is 43.4 Å². The number of anilines is 2. The highest BCUT2D eigenvalue weighted by atomic mass is 79.9. The average Bonchev–Trinajstić information content (AvgIpc) is 3.21. The summed E-state index contributed by atoms with van der Waals surface area (Å²) in [5.41, 5.74) is -3.98. The van der Waals surface area contributed by atoms with Crippen LogP contribution in [0.1, 0.15) is 66.4 Å². The first-order chi connectivity index (χ1) is 29.5. The Morgan fingerprint density at radius 3 is 1.38 bits per heavy atom. The fraction of sp³-hybridized carbons (Fsp3) is 0.156. The molecule has 0 heterocycles. The predicted molar refractivity (Wildman–Crippen MR) is 242 cm³/mol. The second-order valence-corrected chi connectivity index (χ2v) is 17.0. The predicted octanol–water partition coefficient (Wildman–Crippen LogP) is 13.9. The van der Waals surface area contributed by atoms with Gasteiger partial charge >= 0.3 is 18.3 Å². The van der Waals surface area contributed by atoms with Gasteiger partial charge < -0.3 is 20.1 Å². The number of ether oxygens (including phenoxy) is 2. The molecule has 1 amide bonds. The number of fused-ring (bicyclic) bond motifs is 1. The van der Waals surface area contributed by atoms with Crippen LogP contribution in [-0.4, -0.2) is 50.0 Å². The summed E-state index contributed by atoms with van der Waals surface area (Å²) in [7, 11) is 3.07. The first kappa shape index (κ1) is 49.0. The minimum Gasteiger partial charge on any atom is -0.494 e. The lowest BCUT2D eigenvalue weighted by molar-refractivity contribution is -0.288. The van der Waals surface area contributed by atoms with Crippen molar-refractivity contribution < 1.29 is 55.0 Å². The van der Waals surface area contributed by atoms with Crippen LogP contribution >= 0.6 is 63.7 Å². The van der Waals surface area contributed by atoms with E-state index >= 15 is 0 Å². The number of Topliss-reactive ketones (excluding diaryl/α,β-unsaturated/α-hetero) is 2. The Morgan fingerprint density at radius 2 is 0.937 bits per heavy atom. The zero-order chi connectivity index (χ0) is 46.6. The number of esters is 1. The van der Waals surface area contributed by atoms with E-state index < -0.39 is 34.9 Å². The van der Waals surface area contributed by atoms with Crippen LogP contribution in [0.25, 0.3) is 10.8 Å². The van der Waals surface area contributed by atoms with E-state index in [9.17, 15) is 45.5 Å². The Balaban J connectivity index is 0.000000265. The summed E-state index contributed by atoms with van der Waals surface area (Å²) in [6, 6.07) is 26.4. The summed E-state index contributed by atoms with van der Waals surface area (Å²) >= 11 is 11.9. The van der Waals surface area contributed by atoms with Crippen LogP contribution in [0.2, 0.25) is 0 Å². The zero-order valence-electron chi connectivity index (χ0n) is 33.1. The van der Waals surface area contributed by atoms with E-state index in [0.29, 0.717) is 35.4 Å². The number of hydrogen-bond acceptors (Lipinski definition) is 7. The highest BCUT2D eigenvalue weighted by molar-refractivity contribution is 9.11. The van der Waals surface area contributed by atoms with Gasteiger partial charge in [-0.15, -0.1) is 0 Å². The van der Waals surface area contributed by atoms with Gasteiger partial charge in [0.1, 0.15) is 5.75 Å². The second kappa shape index (κ2) is 19.8. The maximum Gasteiger partial charge on any atom is 0.411 e. The van der Waals surface area contributed by atoms with Crippen molar-refractivity contribution in [3.05, 3.63) is 160 Å². The SMILES string of the molecule is CNc1cccc2c(NC(=O)c3cccc(C(C)=O)c3)cccc12.COc1c(Br)cc(C(c2cc(Br)c(OC(=O)c3cccc(C(C)=O)c3)c(Br)c2)(C(F)(F)F)C(F)(F)F)cc1Br. The van der Waals surface area contributed by atoms with Gasteiger partial charge in [0, 0.05) is 45.9 Å². The molecule has 6 rings (SSSR count). The third kappa shape index (κ3) is 10.3. The third-order valence-electron chi connectivity index (χ3n) is 9.59. The molecule has 6 aromatic rings. The van der Waals surface area contributed by atoms with Crippen molar-refractivity contribution >= 4 is 109 Å². The molecule has 0 unspecified atom stereocenters. The molecule has 0 aromatic heterocycles. The van der Waals surface area contributed by atoms with Crippen molar-refractivity contribution in [3.63, 3.8) is 0 Å². The molecular formula is C45H32Br4F6N2O6. The molecule has 0 atom stereocenters. The van der Waals surface area contributed by atoms with Crippen molar-refractivity contribution in [2.24, 2.45) is 0 Å². The first-order valence-electron chi connectivity index (χ1n) is 18.2. The Hall–Kier alpha value is -5.04. The maximum atomic E-state index is 14.7. The average molecular weight is 1130 g/mol. The van der Waals surface area contributed by atoms with Crippen LogP contribution in [0.15, 0.2) is 127 Å². The van der Waals surface area contributed by atoms with E-state index in [4.69, 9.17) is 9.47 Å². The van der Waals surface area contributed by atoms with Crippen molar-refractivity contribution in [2.75, 3.05) is 24.8 Å². The van der Waals surface area contributed by atoms with Crippen molar-refractivity contribution in [2.45, 2.75) is 31.6 Å².